The first-order valence-electron chi connectivity index (χ1n) is 10.2. The van der Waals surface area contributed by atoms with E-state index in [0.29, 0.717) is 24.5 Å². The smallest absolute Gasteiger partial charge is 0.225 e. The molecule has 0 atom stereocenters. The second-order valence-electron chi connectivity index (χ2n) is 7.24. The third-order valence-corrected chi connectivity index (χ3v) is 5.40. The summed E-state index contributed by atoms with van der Waals surface area (Å²) in [4.78, 5) is 18.7. The van der Waals surface area contributed by atoms with Crippen LogP contribution in [0.5, 0.6) is 0 Å². The van der Waals surface area contributed by atoms with Crippen molar-refractivity contribution in [3.05, 3.63) is 35.4 Å². The largest absolute Gasteiger partial charge is 0.356 e. The third kappa shape index (κ3) is 7.71. The van der Waals surface area contributed by atoms with Crippen molar-refractivity contribution in [1.82, 2.24) is 15.5 Å². The molecule has 0 saturated carbocycles. The van der Waals surface area contributed by atoms with Crippen molar-refractivity contribution in [1.29, 1.82) is 0 Å². The van der Waals surface area contributed by atoms with Gasteiger partial charge in [0.2, 0.25) is 5.91 Å². The molecule has 1 aliphatic heterocycles. The van der Waals surface area contributed by atoms with Gasteiger partial charge in [-0.25, -0.2) is 8.78 Å². The number of carbonyl (C=O) groups excluding carboxylic acids is 1. The molecule has 29 heavy (non-hydrogen) atoms. The van der Waals surface area contributed by atoms with Gasteiger partial charge in [0.05, 0.1) is 0 Å². The Labute approximate surface area is 189 Å². The van der Waals surface area contributed by atoms with Crippen molar-refractivity contribution in [3.63, 3.8) is 0 Å². The van der Waals surface area contributed by atoms with E-state index in [1.165, 1.54) is 6.07 Å². The zero-order valence-electron chi connectivity index (χ0n) is 17.5. The summed E-state index contributed by atoms with van der Waals surface area (Å²) >= 11 is 0. The number of hydrogen-bond acceptors (Lipinski definition) is 2. The van der Waals surface area contributed by atoms with Crippen molar-refractivity contribution in [2.24, 2.45) is 10.9 Å². The second-order valence-corrected chi connectivity index (χ2v) is 7.24. The van der Waals surface area contributed by atoms with Crippen LogP contribution in [-0.2, 0) is 11.2 Å². The minimum Gasteiger partial charge on any atom is -0.356 e. The molecule has 0 aromatic heterocycles. The SMILES string of the molecule is CCC(CC)C(=O)N1CCC(NC(=NC)NCCc2cc(F)ccc2F)CC1.I. The van der Waals surface area contributed by atoms with Crippen LogP contribution in [0, 0.1) is 17.6 Å². The molecule has 164 valence electrons. The Morgan fingerprint density at radius 1 is 1.24 bits per heavy atom. The van der Waals surface area contributed by atoms with Crippen molar-refractivity contribution in [2.45, 2.75) is 52.0 Å². The maximum Gasteiger partial charge on any atom is 0.225 e. The summed E-state index contributed by atoms with van der Waals surface area (Å²) in [5.41, 5.74) is 0.344. The van der Waals surface area contributed by atoms with Crippen LogP contribution >= 0.6 is 24.0 Å². The van der Waals surface area contributed by atoms with Gasteiger partial charge in [-0.05, 0) is 55.9 Å². The molecule has 0 aliphatic carbocycles. The zero-order valence-corrected chi connectivity index (χ0v) is 19.8. The molecule has 1 aliphatic rings. The van der Waals surface area contributed by atoms with Gasteiger partial charge in [-0.1, -0.05) is 13.8 Å². The number of aliphatic imine (C=N–C) groups is 1. The molecule has 8 heteroatoms. The van der Waals surface area contributed by atoms with Crippen molar-refractivity contribution < 1.29 is 13.6 Å². The first kappa shape index (κ1) is 25.6. The van der Waals surface area contributed by atoms with Gasteiger partial charge in [0.15, 0.2) is 5.96 Å². The van der Waals surface area contributed by atoms with Gasteiger partial charge in [-0.15, -0.1) is 24.0 Å². The number of nitrogens with one attached hydrogen (secondary N) is 2. The summed E-state index contributed by atoms with van der Waals surface area (Å²) in [5, 5.41) is 6.52. The van der Waals surface area contributed by atoms with Gasteiger partial charge in [0, 0.05) is 38.6 Å². The molecule has 5 nitrogen and oxygen atoms in total. The molecule has 1 aromatic rings. The van der Waals surface area contributed by atoms with Crippen LogP contribution in [-0.4, -0.2) is 49.5 Å². The highest BCUT2D eigenvalue weighted by Gasteiger charge is 2.26. The number of rotatable bonds is 7. The van der Waals surface area contributed by atoms with E-state index in [4.69, 9.17) is 0 Å². The summed E-state index contributed by atoms with van der Waals surface area (Å²) in [7, 11) is 1.68. The minimum absolute atomic E-state index is 0. The maximum absolute atomic E-state index is 13.7. The molecule has 1 fully saturated rings. The highest BCUT2D eigenvalue weighted by molar-refractivity contribution is 14.0. The number of piperidine rings is 1. The lowest BCUT2D eigenvalue weighted by atomic mass is 9.98. The molecule has 0 radical (unpaired) electrons. The Bertz CT molecular complexity index is 675. The first-order chi connectivity index (χ1) is 13.5. The van der Waals surface area contributed by atoms with Crippen molar-refractivity contribution >= 4 is 35.8 Å². The molecule has 1 heterocycles. The Kier molecular flexibility index (Phi) is 11.4. The first-order valence-corrected chi connectivity index (χ1v) is 10.2. The van der Waals surface area contributed by atoms with Gasteiger partial charge in [-0.3, -0.25) is 9.79 Å². The minimum atomic E-state index is -0.436. The average Bonchev–Trinajstić information content (AvgIpc) is 2.71. The van der Waals surface area contributed by atoms with E-state index in [0.717, 1.165) is 50.9 Å². The third-order valence-electron chi connectivity index (χ3n) is 5.40. The van der Waals surface area contributed by atoms with Crippen LogP contribution in [0.1, 0.15) is 45.1 Å². The normalized spacial score (nSPS) is 15.2. The van der Waals surface area contributed by atoms with Crippen LogP contribution in [0.3, 0.4) is 0 Å². The van der Waals surface area contributed by atoms with Crippen LogP contribution in [0.2, 0.25) is 0 Å². The molecule has 0 bridgehead atoms. The number of nitrogens with zero attached hydrogens (tertiary/aromatic N) is 2. The topological polar surface area (TPSA) is 56.7 Å². The number of amides is 1. The van der Waals surface area contributed by atoms with Gasteiger partial charge in [-0.2, -0.15) is 0 Å². The lowest BCUT2D eigenvalue weighted by Crippen LogP contribution is -2.50. The fourth-order valence-corrected chi connectivity index (χ4v) is 3.58. The highest BCUT2D eigenvalue weighted by atomic mass is 127. The molecule has 1 amide bonds. The van der Waals surface area contributed by atoms with Gasteiger partial charge in [0.1, 0.15) is 11.6 Å². The predicted molar refractivity (Wildman–Crippen MR) is 124 cm³/mol. The number of carbonyl (C=O) groups is 1. The summed E-state index contributed by atoms with van der Waals surface area (Å²) in [6.07, 6.45) is 3.87. The second kappa shape index (κ2) is 13.0. The number of benzene rings is 1. The number of halogens is 3. The number of guanidine groups is 1. The van der Waals surface area contributed by atoms with Crippen LogP contribution in [0.25, 0.3) is 0 Å². The van der Waals surface area contributed by atoms with Crippen molar-refractivity contribution in [2.75, 3.05) is 26.7 Å². The fraction of sp³-hybridized carbons (Fsp3) is 0.619. The van der Waals surface area contributed by atoms with Gasteiger partial charge >= 0.3 is 0 Å². The van der Waals surface area contributed by atoms with E-state index >= 15 is 0 Å². The van der Waals surface area contributed by atoms with E-state index in [-0.39, 0.29) is 41.8 Å². The molecule has 1 saturated heterocycles. The van der Waals surface area contributed by atoms with E-state index in [1.54, 1.807) is 7.05 Å². The zero-order chi connectivity index (χ0) is 20.5. The Hall–Kier alpha value is -1.45. The van der Waals surface area contributed by atoms with Gasteiger partial charge in [0.25, 0.3) is 0 Å². The fourth-order valence-electron chi connectivity index (χ4n) is 3.58. The monoisotopic (exact) mass is 522 g/mol. The molecule has 0 unspecified atom stereocenters. The average molecular weight is 522 g/mol. The summed E-state index contributed by atoms with van der Waals surface area (Å²) in [6, 6.07) is 3.73. The molecule has 2 rings (SSSR count). The van der Waals surface area contributed by atoms with Crippen LogP contribution in [0.15, 0.2) is 23.2 Å². The van der Waals surface area contributed by atoms with E-state index < -0.39 is 11.6 Å². The molecule has 2 N–H and O–H groups in total. The Morgan fingerprint density at radius 3 is 2.48 bits per heavy atom. The number of hydrogen-bond donors (Lipinski definition) is 2. The Morgan fingerprint density at radius 2 is 1.90 bits per heavy atom. The molecule has 1 aromatic carbocycles. The van der Waals surface area contributed by atoms with Crippen LogP contribution in [0.4, 0.5) is 8.78 Å². The molecular formula is C21H33F2IN4O. The van der Waals surface area contributed by atoms with E-state index in [1.807, 2.05) is 4.90 Å². The Balaban J connectivity index is 0.00000420. The summed E-state index contributed by atoms with van der Waals surface area (Å²) in [6.45, 7) is 6.07. The summed E-state index contributed by atoms with van der Waals surface area (Å²) < 4.78 is 26.9. The lowest BCUT2D eigenvalue weighted by Gasteiger charge is -2.34. The number of likely N-dealkylation sites (tertiary alicyclic amines) is 1. The molecule has 0 spiro atoms. The lowest BCUT2D eigenvalue weighted by molar-refractivity contribution is -0.136. The summed E-state index contributed by atoms with van der Waals surface area (Å²) in [5.74, 6) is 0.195. The predicted octanol–water partition coefficient (Wildman–Crippen LogP) is 3.72. The van der Waals surface area contributed by atoms with Crippen molar-refractivity contribution in [3.8, 4) is 0 Å². The van der Waals surface area contributed by atoms with E-state index in [2.05, 4.69) is 29.5 Å². The molecular weight excluding hydrogens is 489 g/mol. The quantitative estimate of drug-likeness (QED) is 0.326. The van der Waals surface area contributed by atoms with Crippen LogP contribution < -0.4 is 10.6 Å². The van der Waals surface area contributed by atoms with E-state index in [9.17, 15) is 13.6 Å². The van der Waals surface area contributed by atoms with Gasteiger partial charge < -0.3 is 15.5 Å². The maximum atomic E-state index is 13.7. The standard InChI is InChI=1S/C21H32F2N4O.HI/c1-4-15(5-2)20(28)27-12-9-18(10-13-27)26-21(24-3)25-11-8-16-14-17(22)6-7-19(16)23;/h6-7,14-15,18H,4-5,8-13H2,1-3H3,(H2,24,25,26);1H. The highest BCUT2D eigenvalue weighted by Crippen LogP contribution is 2.17.